The number of amides is 1. The van der Waals surface area contributed by atoms with Crippen LogP contribution in [0.25, 0.3) is 10.9 Å². The minimum Gasteiger partial charge on any atom is -0.495 e. The molecule has 2 aromatic rings. The van der Waals surface area contributed by atoms with Gasteiger partial charge in [-0.25, -0.2) is 4.98 Å². The third kappa shape index (κ3) is 2.84. The van der Waals surface area contributed by atoms with Crippen LogP contribution in [-0.4, -0.2) is 45.2 Å². The zero-order chi connectivity index (χ0) is 17.3. The fraction of sp³-hybridized carbons (Fsp3) is 0.444. The molecule has 2 N–H and O–H groups in total. The van der Waals surface area contributed by atoms with Crippen molar-refractivity contribution in [2.75, 3.05) is 44.5 Å². The summed E-state index contributed by atoms with van der Waals surface area (Å²) >= 11 is 0. The topological polar surface area (TPSA) is 66.5 Å². The highest BCUT2D eigenvalue weighted by molar-refractivity contribution is 5.90. The average molecular weight is 328 g/mol. The van der Waals surface area contributed by atoms with Crippen molar-refractivity contribution in [2.24, 2.45) is 5.92 Å². The fourth-order valence-corrected chi connectivity index (χ4v) is 3.35. The van der Waals surface area contributed by atoms with E-state index in [9.17, 15) is 4.79 Å². The number of ether oxygens (including phenoxy) is 1. The number of fused-ring (bicyclic) bond motifs is 1. The minimum atomic E-state index is 0.0220. The van der Waals surface area contributed by atoms with Gasteiger partial charge in [-0.15, -0.1) is 0 Å². The van der Waals surface area contributed by atoms with E-state index in [1.54, 1.807) is 14.2 Å². The molecule has 1 saturated heterocycles. The number of carbonyl (C=O) groups is 1. The standard InChI is InChI=1S/C18H24N4O2/c1-11-7-17(19-2)21-14-9-15(16(24-4)8-13(11)14)22-6-5-12(10-22)18(23)20-3/h7-9,12H,5-6,10H2,1-4H3,(H,19,21)(H,20,23). The van der Waals surface area contributed by atoms with E-state index in [4.69, 9.17) is 4.74 Å². The van der Waals surface area contributed by atoms with Gasteiger partial charge in [0.2, 0.25) is 5.91 Å². The first-order valence-electron chi connectivity index (χ1n) is 8.21. The van der Waals surface area contributed by atoms with Gasteiger partial charge in [-0.1, -0.05) is 0 Å². The molecule has 0 aliphatic carbocycles. The number of aromatic nitrogens is 1. The van der Waals surface area contributed by atoms with Crippen LogP contribution in [0.4, 0.5) is 11.5 Å². The third-order valence-electron chi connectivity index (χ3n) is 4.72. The van der Waals surface area contributed by atoms with Gasteiger partial charge in [-0.3, -0.25) is 4.79 Å². The van der Waals surface area contributed by atoms with Gasteiger partial charge in [0.15, 0.2) is 0 Å². The Bertz CT molecular complexity index is 775. The number of pyridine rings is 1. The van der Waals surface area contributed by atoms with E-state index in [1.807, 2.05) is 19.2 Å². The van der Waals surface area contributed by atoms with Crippen LogP contribution in [0.2, 0.25) is 0 Å². The quantitative estimate of drug-likeness (QED) is 0.900. The van der Waals surface area contributed by atoms with Crippen LogP contribution in [0.5, 0.6) is 5.75 Å². The number of anilines is 2. The van der Waals surface area contributed by atoms with Crippen molar-refractivity contribution in [3.63, 3.8) is 0 Å². The first-order valence-corrected chi connectivity index (χ1v) is 8.21. The lowest BCUT2D eigenvalue weighted by Gasteiger charge is -2.22. The second-order valence-corrected chi connectivity index (χ2v) is 6.16. The number of hydrogen-bond donors (Lipinski definition) is 2. The van der Waals surface area contributed by atoms with E-state index in [0.717, 1.165) is 46.7 Å². The molecule has 0 spiro atoms. The van der Waals surface area contributed by atoms with Gasteiger partial charge in [0, 0.05) is 32.6 Å². The predicted octanol–water partition coefficient (Wildman–Crippen LogP) is 2.17. The van der Waals surface area contributed by atoms with Gasteiger partial charge in [-0.05, 0) is 37.1 Å². The van der Waals surface area contributed by atoms with Gasteiger partial charge >= 0.3 is 0 Å². The summed E-state index contributed by atoms with van der Waals surface area (Å²) in [4.78, 5) is 18.8. The Kier molecular flexibility index (Phi) is 4.46. The Morgan fingerprint density at radius 3 is 2.79 bits per heavy atom. The number of benzene rings is 1. The molecule has 0 bridgehead atoms. The van der Waals surface area contributed by atoms with Crippen molar-refractivity contribution >= 4 is 28.3 Å². The molecule has 1 unspecified atom stereocenters. The maximum absolute atomic E-state index is 11.9. The van der Waals surface area contributed by atoms with E-state index in [0.29, 0.717) is 6.54 Å². The summed E-state index contributed by atoms with van der Waals surface area (Å²) in [6.45, 7) is 3.61. The highest BCUT2D eigenvalue weighted by Crippen LogP contribution is 2.37. The lowest BCUT2D eigenvalue weighted by Crippen LogP contribution is -2.30. The molecule has 1 atom stereocenters. The summed E-state index contributed by atoms with van der Waals surface area (Å²) in [7, 11) is 5.24. The number of aryl methyl sites for hydroxylation is 1. The molecular weight excluding hydrogens is 304 g/mol. The third-order valence-corrected chi connectivity index (χ3v) is 4.72. The van der Waals surface area contributed by atoms with Crippen molar-refractivity contribution in [3.8, 4) is 5.75 Å². The van der Waals surface area contributed by atoms with Crippen LogP contribution >= 0.6 is 0 Å². The highest BCUT2D eigenvalue weighted by Gasteiger charge is 2.29. The number of nitrogens with zero attached hydrogens (tertiary/aromatic N) is 2. The summed E-state index contributed by atoms with van der Waals surface area (Å²) in [5.41, 5.74) is 3.08. The predicted molar refractivity (Wildman–Crippen MR) is 97.0 cm³/mol. The van der Waals surface area contributed by atoms with Crippen molar-refractivity contribution in [1.82, 2.24) is 10.3 Å². The largest absolute Gasteiger partial charge is 0.495 e. The molecule has 3 rings (SSSR count). The maximum Gasteiger partial charge on any atom is 0.224 e. The molecule has 24 heavy (non-hydrogen) atoms. The molecule has 6 heteroatoms. The zero-order valence-corrected chi connectivity index (χ0v) is 14.6. The van der Waals surface area contributed by atoms with Gasteiger partial charge in [0.1, 0.15) is 11.6 Å². The van der Waals surface area contributed by atoms with E-state index in [-0.39, 0.29) is 11.8 Å². The van der Waals surface area contributed by atoms with Crippen LogP contribution in [-0.2, 0) is 4.79 Å². The first-order chi connectivity index (χ1) is 11.6. The van der Waals surface area contributed by atoms with Crippen molar-refractivity contribution in [3.05, 3.63) is 23.8 Å². The molecular formula is C18H24N4O2. The Hall–Kier alpha value is -2.50. The highest BCUT2D eigenvalue weighted by atomic mass is 16.5. The van der Waals surface area contributed by atoms with Crippen LogP contribution in [0.1, 0.15) is 12.0 Å². The van der Waals surface area contributed by atoms with E-state index >= 15 is 0 Å². The molecule has 1 fully saturated rings. The Morgan fingerprint density at radius 2 is 2.12 bits per heavy atom. The second kappa shape index (κ2) is 6.55. The average Bonchev–Trinajstić information content (AvgIpc) is 3.09. The molecule has 2 heterocycles. The van der Waals surface area contributed by atoms with Gasteiger partial charge in [0.25, 0.3) is 0 Å². The normalized spacial score (nSPS) is 17.2. The number of carbonyl (C=O) groups excluding carboxylic acids is 1. The maximum atomic E-state index is 11.9. The monoisotopic (exact) mass is 328 g/mol. The van der Waals surface area contributed by atoms with E-state index in [1.165, 1.54) is 0 Å². The molecule has 1 amide bonds. The summed E-state index contributed by atoms with van der Waals surface area (Å²) in [6.07, 6.45) is 0.851. The summed E-state index contributed by atoms with van der Waals surface area (Å²) in [5, 5.41) is 6.92. The number of rotatable bonds is 4. The van der Waals surface area contributed by atoms with Gasteiger partial charge in [-0.2, -0.15) is 0 Å². The molecule has 1 aromatic carbocycles. The van der Waals surface area contributed by atoms with E-state index < -0.39 is 0 Å². The van der Waals surface area contributed by atoms with Crippen molar-refractivity contribution < 1.29 is 9.53 Å². The molecule has 1 aliphatic rings. The Labute approximate surface area is 142 Å². The summed E-state index contributed by atoms with van der Waals surface area (Å²) in [5.74, 6) is 1.79. The molecule has 1 aromatic heterocycles. The summed E-state index contributed by atoms with van der Waals surface area (Å²) in [6, 6.07) is 6.13. The lowest BCUT2D eigenvalue weighted by atomic mass is 10.1. The Balaban J connectivity index is 2.02. The van der Waals surface area contributed by atoms with Crippen LogP contribution < -0.4 is 20.3 Å². The fourth-order valence-electron chi connectivity index (χ4n) is 3.35. The van der Waals surface area contributed by atoms with Crippen LogP contribution in [0.3, 0.4) is 0 Å². The van der Waals surface area contributed by atoms with Gasteiger partial charge in [0.05, 0.1) is 24.2 Å². The lowest BCUT2D eigenvalue weighted by molar-refractivity contribution is -0.123. The van der Waals surface area contributed by atoms with Crippen LogP contribution in [0, 0.1) is 12.8 Å². The SMILES string of the molecule is CNC(=O)C1CCN(c2cc3nc(NC)cc(C)c3cc2OC)C1. The first kappa shape index (κ1) is 16.4. The summed E-state index contributed by atoms with van der Waals surface area (Å²) < 4.78 is 5.61. The number of hydrogen-bond acceptors (Lipinski definition) is 5. The van der Waals surface area contributed by atoms with E-state index in [2.05, 4.69) is 33.5 Å². The molecule has 0 radical (unpaired) electrons. The zero-order valence-electron chi connectivity index (χ0n) is 14.6. The van der Waals surface area contributed by atoms with Crippen molar-refractivity contribution in [2.45, 2.75) is 13.3 Å². The Morgan fingerprint density at radius 1 is 1.33 bits per heavy atom. The van der Waals surface area contributed by atoms with Crippen molar-refractivity contribution in [1.29, 1.82) is 0 Å². The molecule has 0 saturated carbocycles. The molecule has 6 nitrogen and oxygen atoms in total. The molecule has 128 valence electrons. The van der Waals surface area contributed by atoms with Gasteiger partial charge < -0.3 is 20.3 Å². The molecule has 1 aliphatic heterocycles. The second-order valence-electron chi connectivity index (χ2n) is 6.16. The number of nitrogens with one attached hydrogen (secondary N) is 2. The smallest absolute Gasteiger partial charge is 0.224 e. The minimum absolute atomic E-state index is 0.0220. The number of methoxy groups -OCH3 is 1. The van der Waals surface area contributed by atoms with Crippen LogP contribution in [0.15, 0.2) is 18.2 Å².